The predicted molar refractivity (Wildman–Crippen MR) is 131 cm³/mol. The van der Waals surface area contributed by atoms with E-state index in [2.05, 4.69) is 24.1 Å². The van der Waals surface area contributed by atoms with Crippen LogP contribution < -0.4 is 15.8 Å². The van der Waals surface area contributed by atoms with E-state index in [1.165, 1.54) is 12.1 Å². The third-order valence-corrected chi connectivity index (χ3v) is 5.87. The molecule has 0 aliphatic heterocycles. The van der Waals surface area contributed by atoms with E-state index in [0.29, 0.717) is 34.4 Å². The number of amides is 1. The molecule has 3 aromatic rings. The lowest BCUT2D eigenvalue weighted by Gasteiger charge is -2.19. The largest absolute Gasteiger partial charge is 0.482 e. The molecule has 0 saturated carbocycles. The third-order valence-electron chi connectivity index (χ3n) is 5.16. The van der Waals surface area contributed by atoms with Crippen molar-refractivity contribution < 1.29 is 13.9 Å². The number of nitrogens with two attached hydrogens (primary N) is 1. The Balaban J connectivity index is 1.78. The zero-order chi connectivity index (χ0) is 24.1. The Morgan fingerprint density at radius 3 is 2.48 bits per heavy atom. The van der Waals surface area contributed by atoms with Crippen LogP contribution in [0.3, 0.4) is 0 Å². The first-order chi connectivity index (χ1) is 15.7. The molecule has 1 heterocycles. The van der Waals surface area contributed by atoms with Crippen LogP contribution in [0.4, 0.5) is 10.2 Å². The zero-order valence-electron chi connectivity index (χ0n) is 18.7. The highest BCUT2D eigenvalue weighted by atomic mass is 35.5. The molecule has 0 spiro atoms. The summed E-state index contributed by atoms with van der Waals surface area (Å²) in [5.41, 5.74) is 8.49. The highest BCUT2D eigenvalue weighted by Crippen LogP contribution is 2.37. The zero-order valence-corrected chi connectivity index (χ0v) is 20.2. The van der Waals surface area contributed by atoms with Crippen LogP contribution in [0, 0.1) is 11.7 Å². The van der Waals surface area contributed by atoms with Crippen LogP contribution in [0.25, 0.3) is 11.1 Å². The maximum Gasteiger partial charge on any atom is 0.251 e. The Bertz CT molecular complexity index is 1140. The normalized spacial score (nSPS) is 12.0. The summed E-state index contributed by atoms with van der Waals surface area (Å²) in [6.07, 6.45) is 1.87. The molecular formula is C25H26Cl2FN3O2. The van der Waals surface area contributed by atoms with E-state index in [4.69, 9.17) is 33.7 Å². The van der Waals surface area contributed by atoms with Gasteiger partial charge in [0.15, 0.2) is 11.6 Å². The number of halogens is 3. The van der Waals surface area contributed by atoms with Crippen molar-refractivity contribution in [3.63, 3.8) is 0 Å². The van der Waals surface area contributed by atoms with E-state index >= 15 is 0 Å². The van der Waals surface area contributed by atoms with Gasteiger partial charge in [-0.05, 0) is 55.2 Å². The number of nitrogens with one attached hydrogen (secondary N) is 1. The monoisotopic (exact) mass is 489 g/mol. The molecule has 1 amide bonds. The fourth-order valence-electron chi connectivity index (χ4n) is 3.26. The summed E-state index contributed by atoms with van der Waals surface area (Å²) in [5.74, 6) is 0.319. The van der Waals surface area contributed by atoms with Crippen LogP contribution in [0.5, 0.6) is 5.75 Å². The fraction of sp³-hybridized carbons (Fsp3) is 0.280. The highest BCUT2D eigenvalue weighted by Gasteiger charge is 2.20. The summed E-state index contributed by atoms with van der Waals surface area (Å²) < 4.78 is 19.9. The first kappa shape index (κ1) is 24.8. The van der Waals surface area contributed by atoms with Crippen LogP contribution in [0.2, 0.25) is 10.0 Å². The Labute approximate surface area is 203 Å². The van der Waals surface area contributed by atoms with Crippen molar-refractivity contribution in [2.75, 3.05) is 12.3 Å². The summed E-state index contributed by atoms with van der Waals surface area (Å²) in [5, 5.41) is 3.11. The molecule has 0 radical (unpaired) electrons. The number of benzene rings is 2. The molecule has 33 heavy (non-hydrogen) atoms. The lowest BCUT2D eigenvalue weighted by atomic mass is 10.0. The molecular weight excluding hydrogens is 464 g/mol. The molecule has 3 rings (SSSR count). The van der Waals surface area contributed by atoms with Gasteiger partial charge in [0.1, 0.15) is 11.9 Å². The minimum Gasteiger partial charge on any atom is -0.482 e. The van der Waals surface area contributed by atoms with Crippen LogP contribution in [0.1, 0.15) is 49.2 Å². The average molecular weight is 490 g/mol. The van der Waals surface area contributed by atoms with E-state index in [1.807, 2.05) is 12.1 Å². The number of pyridine rings is 1. The maximum atomic E-state index is 13.9. The number of carbonyl (C=O) groups excluding carboxylic acids is 1. The Morgan fingerprint density at radius 2 is 1.82 bits per heavy atom. The Hall–Kier alpha value is -2.83. The Kier molecular flexibility index (Phi) is 8.16. The summed E-state index contributed by atoms with van der Waals surface area (Å²) in [6, 6.07) is 11.5. The summed E-state index contributed by atoms with van der Waals surface area (Å²) >= 11 is 12.3. The minimum absolute atomic E-state index is 0.0973. The van der Waals surface area contributed by atoms with E-state index in [0.717, 1.165) is 17.5 Å². The smallest absolute Gasteiger partial charge is 0.251 e. The summed E-state index contributed by atoms with van der Waals surface area (Å²) in [6.45, 7) is 6.56. The number of nitrogens with zero attached hydrogens (tertiary/aromatic N) is 1. The van der Waals surface area contributed by atoms with Gasteiger partial charge in [-0.3, -0.25) is 4.79 Å². The number of nitrogen functional groups attached to an aromatic ring is 1. The standard InChI is InChI=1S/C25H26Cl2FN3O2/c1-14(2)10-11-30-25(32)17-6-4-16(5-7-17)18-12-21(24(29)31-13-18)33-15(3)22-19(26)8-9-20(28)23(22)27/h4-9,12-15H,10-11H2,1-3H3,(H2,29,31)(H,30,32). The molecule has 5 nitrogen and oxygen atoms in total. The van der Waals surface area contributed by atoms with Crippen molar-refractivity contribution in [1.29, 1.82) is 0 Å². The second kappa shape index (κ2) is 10.9. The van der Waals surface area contributed by atoms with Gasteiger partial charge in [-0.15, -0.1) is 0 Å². The SMILES string of the molecule is CC(C)CCNC(=O)c1ccc(-c2cnc(N)c(OC(C)c3c(Cl)ccc(F)c3Cl)c2)cc1. The second-order valence-electron chi connectivity index (χ2n) is 8.14. The molecule has 0 fully saturated rings. The summed E-state index contributed by atoms with van der Waals surface area (Å²) in [7, 11) is 0. The molecule has 0 saturated heterocycles. The molecule has 3 N–H and O–H groups in total. The molecule has 174 valence electrons. The van der Waals surface area contributed by atoms with Gasteiger partial charge in [0, 0.05) is 34.5 Å². The summed E-state index contributed by atoms with van der Waals surface area (Å²) in [4.78, 5) is 16.5. The van der Waals surface area contributed by atoms with Crippen molar-refractivity contribution in [1.82, 2.24) is 10.3 Å². The predicted octanol–water partition coefficient (Wildman–Crippen LogP) is 6.69. The molecule has 1 unspecified atom stereocenters. The van der Waals surface area contributed by atoms with Gasteiger partial charge in [-0.1, -0.05) is 49.2 Å². The van der Waals surface area contributed by atoms with Crippen LogP contribution in [-0.4, -0.2) is 17.4 Å². The Morgan fingerprint density at radius 1 is 1.12 bits per heavy atom. The number of anilines is 1. The van der Waals surface area contributed by atoms with E-state index in [1.54, 1.807) is 31.3 Å². The lowest BCUT2D eigenvalue weighted by molar-refractivity contribution is 0.0952. The van der Waals surface area contributed by atoms with Gasteiger partial charge in [-0.25, -0.2) is 9.37 Å². The van der Waals surface area contributed by atoms with Gasteiger partial charge >= 0.3 is 0 Å². The molecule has 8 heteroatoms. The number of hydrogen-bond donors (Lipinski definition) is 2. The van der Waals surface area contributed by atoms with Gasteiger partial charge in [0.05, 0.1) is 5.02 Å². The lowest BCUT2D eigenvalue weighted by Crippen LogP contribution is -2.25. The van der Waals surface area contributed by atoms with E-state index in [-0.39, 0.29) is 16.7 Å². The van der Waals surface area contributed by atoms with Crippen molar-refractivity contribution >= 4 is 34.9 Å². The quantitative estimate of drug-likeness (QED) is 0.345. The van der Waals surface area contributed by atoms with Gasteiger partial charge in [-0.2, -0.15) is 0 Å². The molecule has 2 aromatic carbocycles. The number of aromatic nitrogens is 1. The molecule has 1 aromatic heterocycles. The topological polar surface area (TPSA) is 77.2 Å². The van der Waals surface area contributed by atoms with E-state index in [9.17, 15) is 9.18 Å². The van der Waals surface area contributed by atoms with Crippen LogP contribution >= 0.6 is 23.2 Å². The maximum absolute atomic E-state index is 13.9. The molecule has 0 bridgehead atoms. The van der Waals surface area contributed by atoms with Gasteiger partial charge < -0.3 is 15.8 Å². The fourth-order valence-corrected chi connectivity index (χ4v) is 3.94. The number of rotatable bonds is 8. The number of ether oxygens (including phenoxy) is 1. The highest BCUT2D eigenvalue weighted by molar-refractivity contribution is 6.36. The van der Waals surface area contributed by atoms with Crippen LogP contribution in [0.15, 0.2) is 48.7 Å². The minimum atomic E-state index is -0.669. The number of carbonyl (C=O) groups is 1. The van der Waals surface area contributed by atoms with Gasteiger partial charge in [0.2, 0.25) is 0 Å². The molecule has 0 aliphatic carbocycles. The molecule has 1 atom stereocenters. The number of hydrogen-bond acceptors (Lipinski definition) is 4. The average Bonchev–Trinajstić information content (AvgIpc) is 2.78. The van der Waals surface area contributed by atoms with Crippen molar-refractivity contribution in [2.45, 2.75) is 33.3 Å². The van der Waals surface area contributed by atoms with Crippen LogP contribution in [-0.2, 0) is 0 Å². The first-order valence-corrected chi connectivity index (χ1v) is 11.4. The van der Waals surface area contributed by atoms with E-state index < -0.39 is 11.9 Å². The second-order valence-corrected chi connectivity index (χ2v) is 8.93. The van der Waals surface area contributed by atoms with Gasteiger partial charge in [0.25, 0.3) is 5.91 Å². The molecule has 0 aliphatic rings. The van der Waals surface area contributed by atoms with Crippen molar-refractivity contribution in [2.24, 2.45) is 5.92 Å². The van der Waals surface area contributed by atoms with Crippen molar-refractivity contribution in [3.05, 3.63) is 75.7 Å². The third kappa shape index (κ3) is 6.15. The first-order valence-electron chi connectivity index (χ1n) is 10.6. The van der Waals surface area contributed by atoms with Crippen molar-refractivity contribution in [3.8, 4) is 16.9 Å².